The summed E-state index contributed by atoms with van der Waals surface area (Å²) in [7, 11) is 0. The summed E-state index contributed by atoms with van der Waals surface area (Å²) in [5.41, 5.74) is -0.153. The number of hydrogen-bond acceptors (Lipinski definition) is 2. The molecule has 86 valence electrons. The fourth-order valence-electron chi connectivity index (χ4n) is 4.08. The minimum Gasteiger partial charge on any atom is -0.264 e. The number of nitro groups is 1. The second kappa shape index (κ2) is 3.44. The Hall–Kier alpha value is -1.12. The lowest BCUT2D eigenvalue weighted by Crippen LogP contribution is -2.42. The number of allylic oxidation sites excluding steroid dienone is 3. The summed E-state index contributed by atoms with van der Waals surface area (Å²) in [6.07, 6.45) is 13.6. The molecule has 3 rings (SSSR count). The second-order valence-corrected chi connectivity index (χ2v) is 5.50. The van der Waals surface area contributed by atoms with Crippen molar-refractivity contribution < 1.29 is 4.92 Å². The predicted octanol–water partition coefficient (Wildman–Crippen LogP) is 2.95. The minimum absolute atomic E-state index is 0.0236. The van der Waals surface area contributed by atoms with Crippen molar-refractivity contribution in [3.8, 4) is 0 Å². The standard InChI is InChI=1S/C13H17NO2/c15-14(16)12-6-3-4-10-8-11-5-1-2-7-13(11,12)9-10/h1-2,5,7,10-12H,3-4,6,8-9H2. The first-order valence-electron chi connectivity index (χ1n) is 6.22. The molecule has 0 aromatic rings. The van der Waals surface area contributed by atoms with E-state index in [0.29, 0.717) is 11.8 Å². The van der Waals surface area contributed by atoms with E-state index in [1.54, 1.807) is 0 Å². The summed E-state index contributed by atoms with van der Waals surface area (Å²) in [4.78, 5) is 11.3. The maximum absolute atomic E-state index is 11.3. The average Bonchev–Trinajstić information content (AvgIpc) is 2.50. The van der Waals surface area contributed by atoms with E-state index in [9.17, 15) is 10.1 Å². The van der Waals surface area contributed by atoms with Crippen LogP contribution in [0.2, 0.25) is 0 Å². The molecule has 0 amide bonds. The average molecular weight is 219 g/mol. The van der Waals surface area contributed by atoms with Gasteiger partial charge in [-0.25, -0.2) is 0 Å². The minimum atomic E-state index is -0.355. The summed E-state index contributed by atoms with van der Waals surface area (Å²) in [6, 6.07) is -0.355. The molecule has 3 aliphatic carbocycles. The predicted molar refractivity (Wildman–Crippen MR) is 61.6 cm³/mol. The molecule has 0 aromatic heterocycles. The fraction of sp³-hybridized carbons (Fsp3) is 0.692. The Morgan fingerprint density at radius 2 is 2.19 bits per heavy atom. The molecule has 0 heterocycles. The van der Waals surface area contributed by atoms with Gasteiger partial charge in [0.25, 0.3) is 0 Å². The van der Waals surface area contributed by atoms with Crippen LogP contribution in [0.1, 0.15) is 32.1 Å². The van der Waals surface area contributed by atoms with E-state index in [1.165, 1.54) is 6.42 Å². The summed E-state index contributed by atoms with van der Waals surface area (Å²) in [6.45, 7) is 0. The van der Waals surface area contributed by atoms with E-state index in [0.717, 1.165) is 25.7 Å². The van der Waals surface area contributed by atoms with Crippen LogP contribution in [0.3, 0.4) is 0 Å². The highest BCUT2D eigenvalue weighted by Crippen LogP contribution is 2.56. The van der Waals surface area contributed by atoms with Gasteiger partial charge < -0.3 is 0 Å². The highest BCUT2D eigenvalue weighted by Gasteiger charge is 2.56. The Balaban J connectivity index is 2.04. The van der Waals surface area contributed by atoms with E-state index >= 15 is 0 Å². The van der Waals surface area contributed by atoms with E-state index < -0.39 is 0 Å². The zero-order valence-corrected chi connectivity index (χ0v) is 9.34. The Morgan fingerprint density at radius 3 is 3.00 bits per heavy atom. The van der Waals surface area contributed by atoms with Crippen molar-refractivity contribution in [1.29, 1.82) is 0 Å². The molecule has 0 aromatic carbocycles. The molecule has 3 nitrogen and oxygen atoms in total. The van der Waals surface area contributed by atoms with Crippen molar-refractivity contribution in [1.82, 2.24) is 0 Å². The molecule has 16 heavy (non-hydrogen) atoms. The summed E-state index contributed by atoms with van der Waals surface area (Å²) in [5.74, 6) is 1.13. The number of hydrogen-bond donors (Lipinski definition) is 0. The van der Waals surface area contributed by atoms with Gasteiger partial charge in [0, 0.05) is 11.3 Å². The van der Waals surface area contributed by atoms with Crippen molar-refractivity contribution in [3.63, 3.8) is 0 Å². The molecule has 4 unspecified atom stereocenters. The zero-order chi connectivity index (χ0) is 11.2. The van der Waals surface area contributed by atoms with Gasteiger partial charge in [0.2, 0.25) is 6.04 Å². The third-order valence-corrected chi connectivity index (χ3v) is 4.75. The van der Waals surface area contributed by atoms with E-state index in [4.69, 9.17) is 0 Å². The zero-order valence-electron chi connectivity index (χ0n) is 9.34. The van der Waals surface area contributed by atoms with Crippen LogP contribution in [0.5, 0.6) is 0 Å². The molecule has 0 aliphatic heterocycles. The molecule has 4 atom stereocenters. The van der Waals surface area contributed by atoms with Crippen molar-refractivity contribution in [2.24, 2.45) is 17.3 Å². The lowest BCUT2D eigenvalue weighted by Gasteiger charge is -2.34. The van der Waals surface area contributed by atoms with Crippen LogP contribution in [0, 0.1) is 27.4 Å². The highest BCUT2D eigenvalue weighted by molar-refractivity contribution is 5.25. The maximum Gasteiger partial charge on any atom is 0.222 e. The van der Waals surface area contributed by atoms with Crippen molar-refractivity contribution in [2.75, 3.05) is 0 Å². The topological polar surface area (TPSA) is 43.1 Å². The van der Waals surface area contributed by atoms with Crippen LogP contribution in [0.25, 0.3) is 0 Å². The third kappa shape index (κ3) is 1.27. The quantitative estimate of drug-likeness (QED) is 0.502. The molecule has 1 spiro atoms. The molecule has 2 fully saturated rings. The largest absolute Gasteiger partial charge is 0.264 e. The summed E-state index contributed by atoms with van der Waals surface area (Å²) < 4.78 is 0. The lowest BCUT2D eigenvalue weighted by atomic mass is 9.69. The molecular weight excluding hydrogens is 202 g/mol. The van der Waals surface area contributed by atoms with Gasteiger partial charge >= 0.3 is 0 Å². The van der Waals surface area contributed by atoms with E-state index in [-0.39, 0.29) is 16.4 Å². The van der Waals surface area contributed by atoms with Gasteiger partial charge in [0.1, 0.15) is 0 Å². The van der Waals surface area contributed by atoms with Gasteiger partial charge in [-0.05, 0) is 31.1 Å². The maximum atomic E-state index is 11.3. The van der Waals surface area contributed by atoms with Crippen LogP contribution in [-0.2, 0) is 0 Å². The highest BCUT2D eigenvalue weighted by atomic mass is 16.6. The molecule has 0 N–H and O–H groups in total. The molecule has 0 radical (unpaired) electrons. The Labute approximate surface area is 95.4 Å². The SMILES string of the molecule is O=[N+]([O-])C1CCCC2CC3C=CC=CC31C2. The fourth-order valence-corrected chi connectivity index (χ4v) is 4.08. The van der Waals surface area contributed by atoms with E-state index in [1.807, 2.05) is 6.08 Å². The Bertz CT molecular complexity index is 374. The molecule has 0 saturated heterocycles. The van der Waals surface area contributed by atoms with Crippen LogP contribution in [-0.4, -0.2) is 11.0 Å². The molecule has 2 bridgehead atoms. The molecule has 2 saturated carbocycles. The van der Waals surface area contributed by atoms with Crippen molar-refractivity contribution >= 4 is 0 Å². The summed E-state index contributed by atoms with van der Waals surface area (Å²) >= 11 is 0. The summed E-state index contributed by atoms with van der Waals surface area (Å²) in [5, 5.41) is 11.3. The van der Waals surface area contributed by atoms with Crippen molar-refractivity contribution in [2.45, 2.75) is 38.1 Å². The smallest absolute Gasteiger partial charge is 0.222 e. The van der Waals surface area contributed by atoms with Gasteiger partial charge in [-0.1, -0.05) is 30.7 Å². The molecule has 3 aliphatic rings. The normalized spacial score (nSPS) is 45.1. The Kier molecular flexibility index (Phi) is 2.16. The molecule has 3 heteroatoms. The van der Waals surface area contributed by atoms with Gasteiger partial charge in [-0.2, -0.15) is 0 Å². The van der Waals surface area contributed by atoms with Crippen LogP contribution < -0.4 is 0 Å². The van der Waals surface area contributed by atoms with Crippen LogP contribution in [0.4, 0.5) is 0 Å². The number of rotatable bonds is 1. The van der Waals surface area contributed by atoms with E-state index in [2.05, 4.69) is 18.2 Å². The monoisotopic (exact) mass is 219 g/mol. The number of nitrogens with zero attached hydrogens (tertiary/aromatic N) is 1. The van der Waals surface area contributed by atoms with Gasteiger partial charge in [-0.15, -0.1) is 0 Å². The first kappa shape index (κ1) is 10.1. The second-order valence-electron chi connectivity index (χ2n) is 5.50. The van der Waals surface area contributed by atoms with Crippen LogP contribution in [0.15, 0.2) is 24.3 Å². The molecular formula is C13H17NO2. The van der Waals surface area contributed by atoms with Crippen LogP contribution >= 0.6 is 0 Å². The first-order valence-corrected chi connectivity index (χ1v) is 6.22. The van der Waals surface area contributed by atoms with Gasteiger partial charge in [0.15, 0.2) is 0 Å². The Morgan fingerprint density at radius 1 is 1.31 bits per heavy atom. The first-order chi connectivity index (χ1) is 7.72. The number of fused-ring (bicyclic) bond motifs is 1. The van der Waals surface area contributed by atoms with Gasteiger partial charge in [-0.3, -0.25) is 10.1 Å². The third-order valence-electron chi connectivity index (χ3n) is 4.75. The van der Waals surface area contributed by atoms with Gasteiger partial charge in [0.05, 0.1) is 5.41 Å². The van der Waals surface area contributed by atoms with Crippen molar-refractivity contribution in [3.05, 3.63) is 34.4 Å². The lowest BCUT2D eigenvalue weighted by molar-refractivity contribution is -0.541.